The molecule has 1 atom stereocenters. The van der Waals surface area contributed by atoms with Gasteiger partial charge >= 0.3 is 5.97 Å². The summed E-state index contributed by atoms with van der Waals surface area (Å²) < 4.78 is 44.7. The van der Waals surface area contributed by atoms with Crippen molar-refractivity contribution < 1.29 is 27.1 Å². The fraction of sp³-hybridized carbons (Fsp3) is 0.360. The van der Waals surface area contributed by atoms with Gasteiger partial charge in [-0.05, 0) is 57.0 Å². The van der Waals surface area contributed by atoms with E-state index in [9.17, 15) is 13.2 Å². The molecule has 1 fully saturated rings. The molecule has 1 aromatic heterocycles. The summed E-state index contributed by atoms with van der Waals surface area (Å²) in [6, 6.07) is 13.6. The summed E-state index contributed by atoms with van der Waals surface area (Å²) in [6.45, 7) is 3.99. The van der Waals surface area contributed by atoms with E-state index in [1.165, 1.54) is 29.6 Å². The van der Waals surface area contributed by atoms with Gasteiger partial charge in [0, 0.05) is 18.2 Å². The Morgan fingerprint density at radius 2 is 1.94 bits per heavy atom. The average Bonchev–Trinajstić information content (AvgIpc) is 3.23. The number of oxazole rings is 1. The number of carbonyl (C=O) groups is 1. The first-order valence-electron chi connectivity index (χ1n) is 11.2. The van der Waals surface area contributed by atoms with Crippen LogP contribution >= 0.6 is 0 Å². The highest BCUT2D eigenvalue weighted by Crippen LogP contribution is 2.32. The summed E-state index contributed by atoms with van der Waals surface area (Å²) in [5.74, 6) is 0.519. The summed E-state index contributed by atoms with van der Waals surface area (Å²) >= 11 is 0. The van der Waals surface area contributed by atoms with E-state index < -0.39 is 16.0 Å². The minimum absolute atomic E-state index is 0.0396. The van der Waals surface area contributed by atoms with Crippen LogP contribution in [0.15, 0.2) is 57.8 Å². The Balaban J connectivity index is 1.54. The molecule has 9 heteroatoms. The normalized spacial score (nSPS) is 16.9. The van der Waals surface area contributed by atoms with Crippen LogP contribution in [-0.4, -0.2) is 43.4 Å². The van der Waals surface area contributed by atoms with Crippen LogP contribution in [0.3, 0.4) is 0 Å². The highest BCUT2D eigenvalue weighted by molar-refractivity contribution is 7.89. The first kappa shape index (κ1) is 24.0. The molecule has 8 nitrogen and oxygen atoms in total. The van der Waals surface area contributed by atoms with Crippen LogP contribution in [0.4, 0.5) is 0 Å². The zero-order chi connectivity index (χ0) is 24.3. The molecule has 1 aliphatic heterocycles. The van der Waals surface area contributed by atoms with Crippen LogP contribution in [-0.2, 0) is 21.4 Å². The number of hydrogen-bond donors (Lipinski definition) is 0. The zero-order valence-corrected chi connectivity index (χ0v) is 20.3. The molecule has 1 unspecified atom stereocenters. The molecular formula is C25H28N2O6S. The number of benzene rings is 2. The van der Waals surface area contributed by atoms with Crippen LogP contribution < -0.4 is 4.74 Å². The Hall–Kier alpha value is -3.17. The third kappa shape index (κ3) is 4.85. The maximum Gasteiger partial charge on any atom is 0.338 e. The molecule has 180 valence electrons. The van der Waals surface area contributed by atoms with E-state index in [1.54, 1.807) is 6.92 Å². The third-order valence-corrected chi connectivity index (χ3v) is 8.02. The number of rotatable bonds is 7. The van der Waals surface area contributed by atoms with E-state index in [0.717, 1.165) is 24.8 Å². The molecule has 1 saturated heterocycles. The molecule has 3 aromatic rings. The van der Waals surface area contributed by atoms with Crippen LogP contribution in [0.5, 0.6) is 5.75 Å². The minimum Gasteiger partial charge on any atom is -0.495 e. The first-order valence-corrected chi connectivity index (χ1v) is 12.6. The van der Waals surface area contributed by atoms with E-state index in [1.807, 2.05) is 37.3 Å². The van der Waals surface area contributed by atoms with Crippen molar-refractivity contribution in [2.24, 2.45) is 0 Å². The largest absolute Gasteiger partial charge is 0.495 e. The number of nitrogens with zero attached hydrogens (tertiary/aromatic N) is 2. The molecule has 0 spiro atoms. The predicted molar refractivity (Wildman–Crippen MR) is 126 cm³/mol. The van der Waals surface area contributed by atoms with Crippen molar-refractivity contribution in [1.82, 2.24) is 9.29 Å². The van der Waals surface area contributed by atoms with Gasteiger partial charge in [-0.2, -0.15) is 4.31 Å². The van der Waals surface area contributed by atoms with Gasteiger partial charge in [0.15, 0.2) is 0 Å². The van der Waals surface area contributed by atoms with E-state index >= 15 is 0 Å². The fourth-order valence-electron chi connectivity index (χ4n) is 4.04. The molecule has 2 aromatic carbocycles. The lowest BCUT2D eigenvalue weighted by molar-refractivity contribution is 0.0466. The first-order chi connectivity index (χ1) is 16.3. The van der Waals surface area contributed by atoms with Crippen LogP contribution in [0, 0.1) is 6.92 Å². The molecule has 0 N–H and O–H groups in total. The van der Waals surface area contributed by atoms with Crippen molar-refractivity contribution in [2.45, 2.75) is 50.7 Å². The Bertz CT molecular complexity index is 1270. The number of methoxy groups -OCH3 is 1. The van der Waals surface area contributed by atoms with Crippen LogP contribution in [0.1, 0.15) is 48.0 Å². The fourth-order valence-corrected chi connectivity index (χ4v) is 5.93. The Morgan fingerprint density at radius 1 is 1.18 bits per heavy atom. The lowest BCUT2D eigenvalue weighted by Gasteiger charge is -2.32. The molecular weight excluding hydrogens is 456 g/mol. The van der Waals surface area contributed by atoms with Crippen LogP contribution in [0.2, 0.25) is 0 Å². The predicted octanol–water partition coefficient (Wildman–Crippen LogP) is 4.58. The van der Waals surface area contributed by atoms with Crippen molar-refractivity contribution in [3.63, 3.8) is 0 Å². The lowest BCUT2D eigenvalue weighted by atomic mass is 10.1. The number of ether oxygens (including phenoxy) is 2. The number of hydrogen-bond acceptors (Lipinski definition) is 7. The monoisotopic (exact) mass is 484 g/mol. The number of sulfonamides is 1. The van der Waals surface area contributed by atoms with E-state index in [2.05, 4.69) is 4.98 Å². The lowest BCUT2D eigenvalue weighted by Crippen LogP contribution is -2.42. The maximum absolute atomic E-state index is 13.4. The maximum atomic E-state index is 13.4. The molecule has 2 heterocycles. The summed E-state index contributed by atoms with van der Waals surface area (Å²) in [4.78, 5) is 17.2. The molecule has 1 aliphatic rings. The third-order valence-electron chi connectivity index (χ3n) is 5.98. The smallest absolute Gasteiger partial charge is 0.338 e. The standard InChI is InChI=1S/C25H28N2O6S/c1-17-9-7-8-14-27(17)34(29,30)23-15-20(12-13-22(23)31-3)25(28)32-16-21-18(2)33-24(26-21)19-10-5-4-6-11-19/h4-6,10-13,15,17H,7-9,14,16H2,1-3H3. The second-order valence-electron chi connectivity index (χ2n) is 8.29. The van der Waals surface area contributed by atoms with Crippen molar-refractivity contribution in [2.75, 3.05) is 13.7 Å². The van der Waals surface area contributed by atoms with E-state index in [4.69, 9.17) is 13.9 Å². The zero-order valence-electron chi connectivity index (χ0n) is 19.5. The second-order valence-corrected chi connectivity index (χ2v) is 10.1. The van der Waals surface area contributed by atoms with Gasteiger partial charge in [0.25, 0.3) is 0 Å². The number of esters is 1. The highest BCUT2D eigenvalue weighted by atomic mass is 32.2. The average molecular weight is 485 g/mol. The van der Waals surface area contributed by atoms with Crippen molar-refractivity contribution in [1.29, 1.82) is 0 Å². The molecule has 0 bridgehead atoms. The summed E-state index contributed by atoms with van der Waals surface area (Å²) in [5, 5.41) is 0. The minimum atomic E-state index is -3.84. The summed E-state index contributed by atoms with van der Waals surface area (Å²) in [5.41, 5.74) is 1.43. The second kappa shape index (κ2) is 9.99. The van der Waals surface area contributed by atoms with Gasteiger partial charge in [0.1, 0.15) is 28.7 Å². The highest BCUT2D eigenvalue weighted by Gasteiger charge is 2.33. The van der Waals surface area contributed by atoms with Gasteiger partial charge in [-0.1, -0.05) is 24.6 Å². The Labute approximate surface area is 199 Å². The van der Waals surface area contributed by atoms with Gasteiger partial charge in [0.05, 0.1) is 12.7 Å². The molecule has 0 amide bonds. The summed E-state index contributed by atoms with van der Waals surface area (Å²) in [6.07, 6.45) is 2.59. The number of carbonyl (C=O) groups excluding carboxylic acids is 1. The van der Waals surface area contributed by atoms with Gasteiger partial charge < -0.3 is 13.9 Å². The number of aromatic nitrogens is 1. The summed E-state index contributed by atoms with van der Waals surface area (Å²) in [7, 11) is -2.43. The van der Waals surface area contributed by atoms with Crippen molar-refractivity contribution in [3.05, 3.63) is 65.5 Å². The molecule has 4 rings (SSSR count). The van der Waals surface area contributed by atoms with Gasteiger partial charge in [-0.25, -0.2) is 18.2 Å². The SMILES string of the molecule is COc1ccc(C(=O)OCc2nc(-c3ccccc3)oc2C)cc1S(=O)(=O)N1CCCCC1C. The van der Waals surface area contributed by atoms with Gasteiger partial charge in [-0.15, -0.1) is 0 Å². The van der Waals surface area contributed by atoms with Crippen LogP contribution in [0.25, 0.3) is 11.5 Å². The Morgan fingerprint density at radius 3 is 2.65 bits per heavy atom. The van der Waals surface area contributed by atoms with E-state index in [0.29, 0.717) is 23.9 Å². The van der Waals surface area contributed by atoms with E-state index in [-0.39, 0.29) is 28.9 Å². The number of aryl methyl sites for hydroxylation is 1. The molecule has 34 heavy (non-hydrogen) atoms. The topological polar surface area (TPSA) is 98.9 Å². The van der Waals surface area contributed by atoms with Gasteiger partial charge in [-0.3, -0.25) is 0 Å². The Kier molecular flexibility index (Phi) is 7.04. The quantitative estimate of drug-likeness (QED) is 0.453. The van der Waals surface area contributed by atoms with Crippen molar-refractivity contribution >= 4 is 16.0 Å². The molecule has 0 saturated carbocycles. The van der Waals surface area contributed by atoms with Gasteiger partial charge in [0.2, 0.25) is 15.9 Å². The van der Waals surface area contributed by atoms with Crippen molar-refractivity contribution in [3.8, 4) is 17.2 Å². The molecule has 0 aliphatic carbocycles. The number of piperidine rings is 1. The molecule has 0 radical (unpaired) electrons.